The molecule has 4 heteroatoms. The van der Waals surface area contributed by atoms with Gasteiger partial charge < -0.3 is 10.0 Å². The van der Waals surface area contributed by atoms with Crippen LogP contribution in [-0.4, -0.2) is 24.0 Å². The lowest BCUT2D eigenvalue weighted by atomic mass is 9.97. The summed E-state index contributed by atoms with van der Waals surface area (Å²) in [5, 5.41) is 8.73. The van der Waals surface area contributed by atoms with Crippen LogP contribution in [0.3, 0.4) is 0 Å². The first-order chi connectivity index (χ1) is 7.11. The van der Waals surface area contributed by atoms with Crippen LogP contribution >= 0.6 is 0 Å². The van der Waals surface area contributed by atoms with Crippen LogP contribution in [0.25, 0.3) is 0 Å². The molecule has 1 atom stereocenters. The summed E-state index contributed by atoms with van der Waals surface area (Å²) in [6.45, 7) is 0. The van der Waals surface area contributed by atoms with Gasteiger partial charge in [-0.25, -0.2) is 0 Å². The standard InChI is InChI=1S/C11H11NO3/c1-12-9-5-3-2-4-7(9)8(11(12)15)6-10(13)14/h2-5,8H,6H2,1H3,(H,13,14)/t8-/m0/s1. The van der Waals surface area contributed by atoms with Gasteiger partial charge in [-0.3, -0.25) is 9.59 Å². The van der Waals surface area contributed by atoms with Gasteiger partial charge in [0, 0.05) is 12.7 Å². The first kappa shape index (κ1) is 9.71. The lowest BCUT2D eigenvalue weighted by Gasteiger charge is -2.09. The number of anilines is 1. The minimum atomic E-state index is -0.946. The van der Waals surface area contributed by atoms with Gasteiger partial charge >= 0.3 is 5.97 Å². The molecule has 78 valence electrons. The number of fused-ring (bicyclic) bond motifs is 1. The second-order valence-corrected chi connectivity index (χ2v) is 3.61. The Balaban J connectivity index is 2.42. The van der Waals surface area contributed by atoms with E-state index in [0.29, 0.717) is 0 Å². The van der Waals surface area contributed by atoms with Crippen molar-refractivity contribution in [2.45, 2.75) is 12.3 Å². The van der Waals surface area contributed by atoms with Gasteiger partial charge in [-0.05, 0) is 11.6 Å². The number of carbonyl (C=O) groups excluding carboxylic acids is 1. The number of carbonyl (C=O) groups is 2. The molecule has 1 heterocycles. The maximum absolute atomic E-state index is 11.8. The van der Waals surface area contributed by atoms with E-state index >= 15 is 0 Å². The molecule has 1 amide bonds. The number of para-hydroxylation sites is 1. The molecule has 2 rings (SSSR count). The van der Waals surface area contributed by atoms with E-state index in [1.54, 1.807) is 7.05 Å². The number of hydrogen-bond donors (Lipinski definition) is 1. The van der Waals surface area contributed by atoms with Crippen LogP contribution in [0.5, 0.6) is 0 Å². The fourth-order valence-electron chi connectivity index (χ4n) is 1.95. The number of hydrogen-bond acceptors (Lipinski definition) is 2. The smallest absolute Gasteiger partial charge is 0.304 e. The zero-order valence-electron chi connectivity index (χ0n) is 8.30. The third-order valence-corrected chi connectivity index (χ3v) is 2.68. The van der Waals surface area contributed by atoms with Crippen LogP contribution in [0.15, 0.2) is 24.3 Å². The van der Waals surface area contributed by atoms with Crippen molar-refractivity contribution in [2.75, 3.05) is 11.9 Å². The van der Waals surface area contributed by atoms with E-state index < -0.39 is 11.9 Å². The summed E-state index contributed by atoms with van der Waals surface area (Å²) in [4.78, 5) is 23.9. The van der Waals surface area contributed by atoms with Crippen LogP contribution < -0.4 is 4.90 Å². The maximum atomic E-state index is 11.8. The molecule has 1 aromatic rings. The zero-order chi connectivity index (χ0) is 11.0. The number of benzene rings is 1. The Labute approximate surface area is 87.1 Å². The summed E-state index contributed by atoms with van der Waals surface area (Å²) < 4.78 is 0. The molecule has 1 aromatic carbocycles. The molecule has 4 nitrogen and oxygen atoms in total. The molecule has 0 unspecified atom stereocenters. The quantitative estimate of drug-likeness (QED) is 0.789. The van der Waals surface area contributed by atoms with Gasteiger partial charge in [0.2, 0.25) is 5.91 Å². The number of carboxylic acids is 1. The highest BCUT2D eigenvalue weighted by atomic mass is 16.4. The van der Waals surface area contributed by atoms with E-state index in [-0.39, 0.29) is 12.3 Å². The highest BCUT2D eigenvalue weighted by Crippen LogP contribution is 2.37. The summed E-state index contributed by atoms with van der Waals surface area (Å²) >= 11 is 0. The third-order valence-electron chi connectivity index (χ3n) is 2.68. The molecule has 0 fully saturated rings. The molecular formula is C11H11NO3. The SMILES string of the molecule is CN1C(=O)[C@@H](CC(=O)O)c2ccccc21. The van der Waals surface area contributed by atoms with E-state index in [1.165, 1.54) is 4.90 Å². The van der Waals surface area contributed by atoms with Gasteiger partial charge in [-0.2, -0.15) is 0 Å². The van der Waals surface area contributed by atoms with E-state index in [4.69, 9.17) is 5.11 Å². The normalized spacial score (nSPS) is 19.1. The van der Waals surface area contributed by atoms with Crippen LogP contribution in [0, 0.1) is 0 Å². The third kappa shape index (κ3) is 1.48. The summed E-state index contributed by atoms with van der Waals surface area (Å²) in [5.41, 5.74) is 1.63. The largest absolute Gasteiger partial charge is 0.481 e. The predicted molar refractivity (Wildman–Crippen MR) is 54.8 cm³/mol. The summed E-state index contributed by atoms with van der Waals surface area (Å²) in [6, 6.07) is 7.30. The minimum absolute atomic E-state index is 0.139. The van der Waals surface area contributed by atoms with E-state index in [1.807, 2.05) is 24.3 Å². The first-order valence-corrected chi connectivity index (χ1v) is 4.69. The van der Waals surface area contributed by atoms with Gasteiger partial charge in [-0.15, -0.1) is 0 Å². The number of rotatable bonds is 2. The topological polar surface area (TPSA) is 57.6 Å². The molecule has 0 saturated heterocycles. The summed E-state index contributed by atoms with van der Waals surface area (Å²) in [5.74, 6) is -1.61. The minimum Gasteiger partial charge on any atom is -0.481 e. The highest BCUT2D eigenvalue weighted by molar-refractivity contribution is 6.05. The van der Waals surface area contributed by atoms with Gasteiger partial charge in [0.05, 0.1) is 12.3 Å². The van der Waals surface area contributed by atoms with Gasteiger partial charge in [0.25, 0.3) is 0 Å². The summed E-state index contributed by atoms with van der Waals surface area (Å²) in [7, 11) is 1.67. The molecule has 15 heavy (non-hydrogen) atoms. The van der Waals surface area contributed by atoms with E-state index in [9.17, 15) is 9.59 Å². The molecule has 0 aromatic heterocycles. The van der Waals surface area contributed by atoms with E-state index in [2.05, 4.69) is 0 Å². The van der Waals surface area contributed by atoms with Crippen LogP contribution in [0.2, 0.25) is 0 Å². The van der Waals surface area contributed by atoms with Crippen LogP contribution in [0.4, 0.5) is 5.69 Å². The van der Waals surface area contributed by atoms with Crippen molar-refractivity contribution in [1.82, 2.24) is 0 Å². The van der Waals surface area contributed by atoms with Crippen molar-refractivity contribution in [1.29, 1.82) is 0 Å². The van der Waals surface area contributed by atoms with Gasteiger partial charge in [-0.1, -0.05) is 18.2 Å². The molecule has 0 spiro atoms. The molecule has 0 radical (unpaired) electrons. The molecule has 0 bridgehead atoms. The maximum Gasteiger partial charge on any atom is 0.304 e. The molecule has 1 aliphatic rings. The fourth-order valence-corrected chi connectivity index (χ4v) is 1.95. The van der Waals surface area contributed by atoms with Crippen molar-refractivity contribution in [3.05, 3.63) is 29.8 Å². The van der Waals surface area contributed by atoms with Crippen molar-refractivity contribution in [2.24, 2.45) is 0 Å². The van der Waals surface area contributed by atoms with Gasteiger partial charge in [0.15, 0.2) is 0 Å². The van der Waals surface area contributed by atoms with Crippen LogP contribution in [-0.2, 0) is 9.59 Å². The van der Waals surface area contributed by atoms with Crippen molar-refractivity contribution >= 4 is 17.6 Å². The van der Waals surface area contributed by atoms with Crippen molar-refractivity contribution in [3.63, 3.8) is 0 Å². The lowest BCUT2D eigenvalue weighted by molar-refractivity contribution is -0.139. The van der Waals surface area contributed by atoms with Crippen molar-refractivity contribution in [3.8, 4) is 0 Å². The molecule has 0 saturated carbocycles. The fraction of sp³-hybridized carbons (Fsp3) is 0.273. The number of amides is 1. The predicted octanol–water partition coefficient (Wildman–Crippen LogP) is 1.22. The number of aliphatic carboxylic acids is 1. The Morgan fingerprint density at radius 1 is 1.47 bits per heavy atom. The number of nitrogens with zero attached hydrogens (tertiary/aromatic N) is 1. The Morgan fingerprint density at radius 2 is 2.13 bits per heavy atom. The Morgan fingerprint density at radius 3 is 2.80 bits per heavy atom. The Bertz CT molecular complexity index is 428. The molecular weight excluding hydrogens is 194 g/mol. The Hall–Kier alpha value is -1.84. The molecule has 1 N–H and O–H groups in total. The van der Waals surface area contributed by atoms with Crippen molar-refractivity contribution < 1.29 is 14.7 Å². The van der Waals surface area contributed by atoms with Gasteiger partial charge in [0.1, 0.15) is 0 Å². The number of carboxylic acid groups (broad SMARTS) is 1. The van der Waals surface area contributed by atoms with E-state index in [0.717, 1.165) is 11.3 Å². The zero-order valence-corrected chi connectivity index (χ0v) is 8.30. The number of likely N-dealkylation sites (N-methyl/N-ethyl adjacent to an activating group) is 1. The average molecular weight is 205 g/mol. The Kier molecular flexibility index (Phi) is 2.19. The lowest BCUT2D eigenvalue weighted by Crippen LogP contribution is -2.25. The second kappa shape index (κ2) is 3.38. The monoisotopic (exact) mass is 205 g/mol. The molecule has 1 aliphatic heterocycles. The highest BCUT2D eigenvalue weighted by Gasteiger charge is 2.35. The molecule has 0 aliphatic carbocycles. The second-order valence-electron chi connectivity index (χ2n) is 3.61. The first-order valence-electron chi connectivity index (χ1n) is 4.69. The summed E-state index contributed by atoms with van der Waals surface area (Å²) in [6.07, 6.45) is -0.139. The van der Waals surface area contributed by atoms with Crippen LogP contribution in [0.1, 0.15) is 17.9 Å². The average Bonchev–Trinajstić information content (AvgIpc) is 2.44.